The van der Waals surface area contributed by atoms with Gasteiger partial charge in [-0.1, -0.05) is 92.7 Å². The van der Waals surface area contributed by atoms with Gasteiger partial charge in [0, 0.05) is 49.9 Å². The van der Waals surface area contributed by atoms with Gasteiger partial charge in [-0.2, -0.15) is 12.6 Å². The second-order valence-electron chi connectivity index (χ2n) is 11.0. The molecule has 264 valence electrons. The molecule has 0 radical (unpaired) electrons. The molecular weight excluding hydrogens is 649 g/mol. The van der Waals surface area contributed by atoms with Crippen molar-refractivity contribution in [2.75, 3.05) is 56.8 Å². The van der Waals surface area contributed by atoms with Crippen LogP contribution in [0.2, 0.25) is 0 Å². The SMILES string of the molecule is CCCCOCCCCCCN(CCCCCCCCCCCS)C(=O)OCCSSCCOC(=O)Oc1ccc([N+](=O)[O-])cc1. The second-order valence-corrected chi connectivity index (χ2v) is 14.1. The number of ether oxygens (including phenoxy) is 4. The van der Waals surface area contributed by atoms with E-state index in [0.717, 1.165) is 83.4 Å². The maximum absolute atomic E-state index is 12.9. The van der Waals surface area contributed by atoms with Crippen LogP contribution in [0.1, 0.15) is 103 Å². The molecule has 0 fully saturated rings. The zero-order valence-electron chi connectivity index (χ0n) is 27.7. The minimum absolute atomic E-state index is 0.0883. The van der Waals surface area contributed by atoms with E-state index in [1.165, 1.54) is 80.0 Å². The van der Waals surface area contributed by atoms with Crippen molar-refractivity contribution in [2.45, 2.75) is 103 Å². The fraction of sp³-hybridized carbons (Fsp3) is 0.758. The number of rotatable bonds is 30. The summed E-state index contributed by atoms with van der Waals surface area (Å²) in [6.07, 6.45) is 16.3. The van der Waals surface area contributed by atoms with Gasteiger partial charge >= 0.3 is 12.2 Å². The number of nitro benzene ring substituents is 1. The van der Waals surface area contributed by atoms with Crippen LogP contribution >= 0.6 is 34.2 Å². The van der Waals surface area contributed by atoms with E-state index in [2.05, 4.69) is 19.6 Å². The molecule has 1 amide bonds. The van der Waals surface area contributed by atoms with Gasteiger partial charge in [0.25, 0.3) is 5.69 Å². The summed E-state index contributed by atoms with van der Waals surface area (Å²) >= 11 is 4.27. The Hall–Kier alpha value is -1.83. The first kappa shape index (κ1) is 42.2. The second kappa shape index (κ2) is 30.5. The number of amides is 1. The van der Waals surface area contributed by atoms with Crippen LogP contribution in [0.4, 0.5) is 15.3 Å². The normalized spacial score (nSPS) is 10.9. The van der Waals surface area contributed by atoms with Gasteiger partial charge < -0.3 is 23.8 Å². The Bertz CT molecular complexity index is 911. The Labute approximate surface area is 289 Å². The van der Waals surface area contributed by atoms with E-state index in [1.807, 2.05) is 4.90 Å². The molecule has 0 N–H and O–H groups in total. The van der Waals surface area contributed by atoms with Gasteiger partial charge in [-0.25, -0.2) is 9.59 Å². The van der Waals surface area contributed by atoms with E-state index in [0.29, 0.717) is 18.1 Å². The number of unbranched alkanes of at least 4 members (excludes halogenated alkanes) is 12. The molecule has 1 rings (SSSR count). The number of carbonyl (C=O) groups is 2. The molecule has 0 aromatic heterocycles. The first-order valence-electron chi connectivity index (χ1n) is 16.9. The highest BCUT2D eigenvalue weighted by Crippen LogP contribution is 2.21. The highest BCUT2D eigenvalue weighted by Gasteiger charge is 2.14. The average Bonchev–Trinajstić information content (AvgIpc) is 3.05. The van der Waals surface area contributed by atoms with E-state index >= 15 is 0 Å². The van der Waals surface area contributed by atoms with Crippen molar-refractivity contribution in [3.05, 3.63) is 34.4 Å². The van der Waals surface area contributed by atoms with E-state index in [4.69, 9.17) is 18.9 Å². The summed E-state index contributed by atoms with van der Waals surface area (Å²) in [5.41, 5.74) is -0.0883. The van der Waals surface area contributed by atoms with Crippen LogP contribution in [-0.2, 0) is 14.2 Å². The number of non-ortho nitro benzene ring substituents is 1. The van der Waals surface area contributed by atoms with Crippen molar-refractivity contribution >= 4 is 52.2 Å². The summed E-state index contributed by atoms with van der Waals surface area (Å²) in [6.45, 7) is 5.74. The van der Waals surface area contributed by atoms with Crippen molar-refractivity contribution in [1.82, 2.24) is 4.90 Å². The summed E-state index contributed by atoms with van der Waals surface area (Å²) in [5.74, 6) is 2.32. The van der Waals surface area contributed by atoms with Crippen molar-refractivity contribution in [3.8, 4) is 5.75 Å². The third-order valence-corrected chi connectivity index (χ3v) is 9.71. The topological polar surface area (TPSA) is 117 Å². The summed E-state index contributed by atoms with van der Waals surface area (Å²) in [5, 5.41) is 10.7. The average molecular weight is 705 g/mol. The highest BCUT2D eigenvalue weighted by molar-refractivity contribution is 8.76. The highest BCUT2D eigenvalue weighted by atomic mass is 33.1. The van der Waals surface area contributed by atoms with Crippen molar-refractivity contribution in [2.24, 2.45) is 0 Å². The van der Waals surface area contributed by atoms with Gasteiger partial charge in [-0.3, -0.25) is 10.1 Å². The third-order valence-electron chi connectivity index (χ3n) is 7.06. The number of benzene rings is 1. The molecular formula is C33H56N2O8S3. The van der Waals surface area contributed by atoms with E-state index in [-0.39, 0.29) is 24.1 Å². The fourth-order valence-corrected chi connectivity index (χ4v) is 6.33. The molecule has 10 nitrogen and oxygen atoms in total. The number of hydrogen-bond donors (Lipinski definition) is 1. The molecule has 0 aliphatic rings. The lowest BCUT2D eigenvalue weighted by molar-refractivity contribution is -0.384. The molecule has 1 aromatic rings. The maximum Gasteiger partial charge on any atom is 0.513 e. The molecule has 0 atom stereocenters. The van der Waals surface area contributed by atoms with Crippen LogP contribution in [0.3, 0.4) is 0 Å². The van der Waals surface area contributed by atoms with Gasteiger partial charge in [0.2, 0.25) is 0 Å². The summed E-state index contributed by atoms with van der Waals surface area (Å²) < 4.78 is 21.3. The van der Waals surface area contributed by atoms with Gasteiger partial charge in [-0.15, -0.1) is 0 Å². The summed E-state index contributed by atoms with van der Waals surface area (Å²) in [7, 11) is 3.06. The Morgan fingerprint density at radius 3 is 1.83 bits per heavy atom. The first-order valence-corrected chi connectivity index (χ1v) is 20.0. The molecule has 46 heavy (non-hydrogen) atoms. The number of nitrogens with zero attached hydrogens (tertiary/aromatic N) is 2. The van der Waals surface area contributed by atoms with Crippen LogP contribution in [-0.4, -0.2) is 78.8 Å². The summed E-state index contributed by atoms with van der Waals surface area (Å²) in [4.78, 5) is 36.7. The molecule has 0 aliphatic heterocycles. The lowest BCUT2D eigenvalue weighted by Crippen LogP contribution is -2.34. The lowest BCUT2D eigenvalue weighted by atomic mass is 10.1. The fourth-order valence-electron chi connectivity index (χ4n) is 4.45. The minimum Gasteiger partial charge on any atom is -0.449 e. The lowest BCUT2D eigenvalue weighted by Gasteiger charge is -2.22. The van der Waals surface area contributed by atoms with Gasteiger partial charge in [0.1, 0.15) is 19.0 Å². The predicted molar refractivity (Wildman–Crippen MR) is 193 cm³/mol. The Kier molecular flexibility index (Phi) is 28.0. The number of nitro groups is 1. The molecule has 0 heterocycles. The number of hydrogen-bond acceptors (Lipinski definition) is 11. The van der Waals surface area contributed by atoms with Gasteiger partial charge in [0.15, 0.2) is 0 Å². The zero-order chi connectivity index (χ0) is 33.5. The first-order chi connectivity index (χ1) is 22.5. The van der Waals surface area contributed by atoms with Crippen molar-refractivity contribution < 1.29 is 33.5 Å². The van der Waals surface area contributed by atoms with E-state index in [1.54, 1.807) is 10.8 Å². The Morgan fingerprint density at radius 1 is 0.739 bits per heavy atom. The van der Waals surface area contributed by atoms with E-state index < -0.39 is 11.1 Å². The molecule has 0 unspecified atom stereocenters. The van der Waals surface area contributed by atoms with Gasteiger partial charge in [0.05, 0.1) is 4.92 Å². The Morgan fingerprint density at radius 2 is 1.26 bits per heavy atom. The minimum atomic E-state index is -0.867. The Balaban J connectivity index is 2.22. The van der Waals surface area contributed by atoms with Crippen LogP contribution < -0.4 is 4.74 Å². The summed E-state index contributed by atoms with van der Waals surface area (Å²) in [6, 6.07) is 5.19. The monoisotopic (exact) mass is 704 g/mol. The van der Waals surface area contributed by atoms with Crippen molar-refractivity contribution in [1.29, 1.82) is 0 Å². The van der Waals surface area contributed by atoms with E-state index in [9.17, 15) is 19.7 Å². The van der Waals surface area contributed by atoms with Crippen LogP contribution in [0, 0.1) is 10.1 Å². The molecule has 0 saturated heterocycles. The van der Waals surface area contributed by atoms with Crippen LogP contribution in [0.5, 0.6) is 5.75 Å². The maximum atomic E-state index is 12.9. The molecule has 0 bridgehead atoms. The number of carbonyl (C=O) groups excluding carboxylic acids is 2. The zero-order valence-corrected chi connectivity index (χ0v) is 30.2. The van der Waals surface area contributed by atoms with Crippen molar-refractivity contribution in [3.63, 3.8) is 0 Å². The van der Waals surface area contributed by atoms with Gasteiger partial charge in [-0.05, 0) is 50.0 Å². The van der Waals surface area contributed by atoms with Crippen LogP contribution in [0.15, 0.2) is 24.3 Å². The largest absolute Gasteiger partial charge is 0.513 e. The number of thiol groups is 1. The standard InChI is InChI=1S/C33H56N2O8S3/c1-2-3-23-40-24-15-11-10-14-22-34(21-13-9-7-5-4-6-8-12-16-27-44)32(36)41-25-28-45-46-29-26-42-33(37)43-31-19-17-30(18-20-31)35(38)39/h17-20,44H,2-16,21-29H2,1H3. The molecule has 0 aliphatic carbocycles. The molecule has 0 saturated carbocycles. The predicted octanol–water partition coefficient (Wildman–Crippen LogP) is 9.75. The molecule has 1 aromatic carbocycles. The molecule has 0 spiro atoms. The quantitative estimate of drug-likeness (QED) is 0.0158. The smallest absolute Gasteiger partial charge is 0.449 e. The van der Waals surface area contributed by atoms with Crippen LogP contribution in [0.25, 0.3) is 0 Å². The third kappa shape index (κ3) is 24.4. The molecule has 13 heteroatoms.